The van der Waals surface area contributed by atoms with Gasteiger partial charge in [-0.15, -0.1) is 24.0 Å². The minimum Gasteiger partial charge on any atom is -0.357 e. The number of nitrogens with zero attached hydrogens (tertiary/aromatic N) is 1. The predicted octanol–water partition coefficient (Wildman–Crippen LogP) is 3.65. The number of hydrogen-bond acceptors (Lipinski definition) is 2. The zero-order chi connectivity index (χ0) is 18.9. The number of hydrogen-bond donors (Lipinski definition) is 3. The third-order valence-corrected chi connectivity index (χ3v) is 4.45. The van der Waals surface area contributed by atoms with E-state index in [1.807, 2.05) is 0 Å². The smallest absolute Gasteiger partial charge is 0.223 e. The molecule has 1 aliphatic rings. The van der Waals surface area contributed by atoms with Gasteiger partial charge in [0.05, 0.1) is 12.6 Å². The van der Waals surface area contributed by atoms with E-state index in [0.29, 0.717) is 19.0 Å². The Morgan fingerprint density at radius 3 is 2.37 bits per heavy atom. The van der Waals surface area contributed by atoms with Gasteiger partial charge < -0.3 is 16.0 Å². The number of guanidine groups is 1. The van der Waals surface area contributed by atoms with Crippen molar-refractivity contribution in [1.82, 2.24) is 16.0 Å². The Bertz CT molecular complexity index is 597. The molecule has 1 unspecified atom stereocenters. The molecule has 5 nitrogen and oxygen atoms in total. The van der Waals surface area contributed by atoms with Crippen molar-refractivity contribution in [1.29, 1.82) is 0 Å². The summed E-state index contributed by atoms with van der Waals surface area (Å²) in [5, 5.41) is 9.66. The summed E-state index contributed by atoms with van der Waals surface area (Å²) in [6, 6.07) is 8.97. The Hall–Kier alpha value is -1.31. The van der Waals surface area contributed by atoms with E-state index in [2.05, 4.69) is 72.9 Å². The van der Waals surface area contributed by atoms with Gasteiger partial charge in [0, 0.05) is 19.0 Å². The van der Waals surface area contributed by atoms with Gasteiger partial charge in [0.2, 0.25) is 5.91 Å². The molecule has 1 amide bonds. The van der Waals surface area contributed by atoms with E-state index in [-0.39, 0.29) is 41.8 Å². The van der Waals surface area contributed by atoms with Crippen molar-refractivity contribution in [2.24, 2.45) is 16.8 Å². The highest BCUT2D eigenvalue weighted by molar-refractivity contribution is 14.0. The van der Waals surface area contributed by atoms with E-state index in [1.54, 1.807) is 0 Å². The maximum Gasteiger partial charge on any atom is 0.223 e. The lowest BCUT2D eigenvalue weighted by Crippen LogP contribution is -2.39. The van der Waals surface area contributed by atoms with Crippen molar-refractivity contribution >= 4 is 35.8 Å². The van der Waals surface area contributed by atoms with Crippen LogP contribution in [0.15, 0.2) is 29.3 Å². The molecule has 0 heterocycles. The average molecular weight is 486 g/mol. The third kappa shape index (κ3) is 8.95. The Labute approximate surface area is 181 Å². The summed E-state index contributed by atoms with van der Waals surface area (Å²) in [5.41, 5.74) is 2.62. The molecule has 0 aliphatic heterocycles. The van der Waals surface area contributed by atoms with Crippen LogP contribution in [0, 0.1) is 11.8 Å². The number of aliphatic imine (C=N–C) groups is 1. The van der Waals surface area contributed by atoms with E-state index in [0.717, 1.165) is 31.8 Å². The first-order chi connectivity index (χ1) is 12.5. The van der Waals surface area contributed by atoms with Gasteiger partial charge in [-0.2, -0.15) is 0 Å². The van der Waals surface area contributed by atoms with Crippen LogP contribution in [0.4, 0.5) is 0 Å². The van der Waals surface area contributed by atoms with Crippen LogP contribution >= 0.6 is 24.0 Å². The lowest BCUT2D eigenvalue weighted by Gasteiger charge is -2.19. The van der Waals surface area contributed by atoms with Crippen LogP contribution in [-0.2, 0) is 11.2 Å². The Kier molecular flexibility index (Phi) is 10.7. The van der Waals surface area contributed by atoms with Crippen LogP contribution in [0.25, 0.3) is 0 Å². The molecule has 6 heteroatoms. The minimum absolute atomic E-state index is 0. The first kappa shape index (κ1) is 23.7. The van der Waals surface area contributed by atoms with E-state index >= 15 is 0 Å². The number of nitrogens with one attached hydrogen (secondary N) is 3. The number of amides is 1. The van der Waals surface area contributed by atoms with Crippen molar-refractivity contribution in [3.05, 3.63) is 35.4 Å². The fourth-order valence-corrected chi connectivity index (χ4v) is 2.86. The molecule has 0 radical (unpaired) electrons. The summed E-state index contributed by atoms with van der Waals surface area (Å²) in [6.07, 6.45) is 3.18. The molecular weight excluding hydrogens is 451 g/mol. The maximum absolute atomic E-state index is 11.6. The van der Waals surface area contributed by atoms with Crippen molar-refractivity contribution in [2.45, 2.75) is 53.0 Å². The van der Waals surface area contributed by atoms with Gasteiger partial charge >= 0.3 is 0 Å². The maximum atomic E-state index is 11.6. The third-order valence-electron chi connectivity index (χ3n) is 4.45. The number of rotatable bonds is 9. The molecule has 27 heavy (non-hydrogen) atoms. The monoisotopic (exact) mass is 486 g/mol. The molecule has 0 bridgehead atoms. The number of carbonyl (C=O) groups excluding carboxylic acids is 1. The number of halogens is 1. The highest BCUT2D eigenvalue weighted by Crippen LogP contribution is 2.28. The molecule has 3 N–H and O–H groups in total. The first-order valence-corrected chi connectivity index (χ1v) is 9.91. The quantitative estimate of drug-likeness (QED) is 0.216. The topological polar surface area (TPSA) is 65.5 Å². The van der Waals surface area contributed by atoms with Crippen LogP contribution in [0.5, 0.6) is 0 Å². The van der Waals surface area contributed by atoms with Gasteiger partial charge in [-0.1, -0.05) is 38.1 Å². The highest BCUT2D eigenvalue weighted by atomic mass is 127. The second-order valence-electron chi connectivity index (χ2n) is 7.53. The molecule has 0 aromatic heterocycles. The fourth-order valence-electron chi connectivity index (χ4n) is 2.86. The summed E-state index contributed by atoms with van der Waals surface area (Å²) in [5.74, 6) is 1.88. The Morgan fingerprint density at radius 1 is 1.15 bits per heavy atom. The molecule has 1 atom stereocenters. The second-order valence-corrected chi connectivity index (χ2v) is 7.53. The molecule has 152 valence electrons. The summed E-state index contributed by atoms with van der Waals surface area (Å²) in [4.78, 5) is 16.2. The molecule has 1 fully saturated rings. The summed E-state index contributed by atoms with van der Waals surface area (Å²) in [6.45, 7) is 10.6. The summed E-state index contributed by atoms with van der Waals surface area (Å²) < 4.78 is 0. The van der Waals surface area contributed by atoms with Crippen LogP contribution in [0.3, 0.4) is 0 Å². The van der Waals surface area contributed by atoms with Gasteiger partial charge in [-0.25, -0.2) is 0 Å². The molecule has 2 rings (SSSR count). The van der Waals surface area contributed by atoms with Crippen LogP contribution in [0.2, 0.25) is 0 Å². The van der Waals surface area contributed by atoms with Crippen LogP contribution < -0.4 is 16.0 Å². The van der Waals surface area contributed by atoms with E-state index in [9.17, 15) is 4.79 Å². The molecule has 1 saturated carbocycles. The number of carbonyl (C=O) groups is 1. The van der Waals surface area contributed by atoms with Crippen molar-refractivity contribution in [3.8, 4) is 0 Å². The normalized spacial score (nSPS) is 15.1. The molecule has 0 spiro atoms. The number of benzene rings is 1. The predicted molar refractivity (Wildman–Crippen MR) is 124 cm³/mol. The van der Waals surface area contributed by atoms with E-state index < -0.39 is 0 Å². The minimum atomic E-state index is 0. The van der Waals surface area contributed by atoms with E-state index in [4.69, 9.17) is 0 Å². The summed E-state index contributed by atoms with van der Waals surface area (Å²) in [7, 11) is 0. The van der Waals surface area contributed by atoms with Crippen LogP contribution in [0.1, 0.15) is 57.7 Å². The standard InChI is InChI=1S/C21H34N4O.HI/c1-5-22-21(24-13-12-23-20(26)19-10-11-19)25-16(4)18-8-6-17(7-9-18)14-15(2)3;/h6-9,15-16,19H,5,10-14H2,1-4H3,(H,23,26)(H2,22,24,25);1H. The second kappa shape index (κ2) is 12.2. The molecule has 1 aliphatic carbocycles. The highest BCUT2D eigenvalue weighted by Gasteiger charge is 2.28. The fraction of sp³-hybridized carbons (Fsp3) is 0.619. The van der Waals surface area contributed by atoms with Crippen molar-refractivity contribution in [3.63, 3.8) is 0 Å². The Balaban J connectivity index is 0.00000364. The Morgan fingerprint density at radius 2 is 1.81 bits per heavy atom. The van der Waals surface area contributed by atoms with Gasteiger partial charge in [0.1, 0.15) is 0 Å². The average Bonchev–Trinajstić information content (AvgIpc) is 3.43. The van der Waals surface area contributed by atoms with Crippen molar-refractivity contribution in [2.75, 3.05) is 19.6 Å². The zero-order valence-corrected chi connectivity index (χ0v) is 19.4. The SMILES string of the molecule is CCNC(=NCCNC(=O)C1CC1)NC(C)c1ccc(CC(C)C)cc1.I. The van der Waals surface area contributed by atoms with Gasteiger partial charge in [-0.3, -0.25) is 9.79 Å². The van der Waals surface area contributed by atoms with Gasteiger partial charge in [0.25, 0.3) is 0 Å². The first-order valence-electron chi connectivity index (χ1n) is 9.91. The van der Waals surface area contributed by atoms with Crippen molar-refractivity contribution < 1.29 is 4.79 Å². The van der Waals surface area contributed by atoms with Gasteiger partial charge in [-0.05, 0) is 50.2 Å². The van der Waals surface area contributed by atoms with Crippen LogP contribution in [-0.4, -0.2) is 31.5 Å². The van der Waals surface area contributed by atoms with E-state index in [1.165, 1.54) is 11.1 Å². The lowest BCUT2D eigenvalue weighted by molar-refractivity contribution is -0.122. The molecule has 1 aromatic rings. The largest absolute Gasteiger partial charge is 0.357 e. The lowest BCUT2D eigenvalue weighted by atomic mass is 10.00. The molecule has 0 saturated heterocycles. The molecular formula is C21H35IN4O. The summed E-state index contributed by atoms with van der Waals surface area (Å²) >= 11 is 0. The zero-order valence-electron chi connectivity index (χ0n) is 17.0. The molecule has 1 aromatic carbocycles. The van der Waals surface area contributed by atoms with Gasteiger partial charge in [0.15, 0.2) is 5.96 Å².